The molecule has 0 aliphatic heterocycles. The maximum absolute atomic E-state index is 12.3. The second-order valence-electron chi connectivity index (χ2n) is 10.5. The van der Waals surface area contributed by atoms with Gasteiger partial charge in [-0.3, -0.25) is 0 Å². The largest absolute Gasteiger partial charge is 0.467 e. The van der Waals surface area contributed by atoms with Crippen LogP contribution in [0.1, 0.15) is 58.6 Å². The highest BCUT2D eigenvalue weighted by Gasteiger charge is 2.48. The summed E-state index contributed by atoms with van der Waals surface area (Å²) in [5.41, 5.74) is 0.147. The molecule has 1 aromatic heterocycles. The van der Waals surface area contributed by atoms with Gasteiger partial charge in [0.2, 0.25) is 0 Å². The third-order valence-corrected chi connectivity index (χ3v) is 6.93. The Bertz CT molecular complexity index is 771. The van der Waals surface area contributed by atoms with Crippen LogP contribution in [0.25, 0.3) is 0 Å². The average Bonchev–Trinajstić information content (AvgIpc) is 3.11. The van der Waals surface area contributed by atoms with E-state index in [9.17, 15) is 9.59 Å². The van der Waals surface area contributed by atoms with Crippen LogP contribution in [-0.4, -0.2) is 46.5 Å². The molecule has 1 heterocycles. The number of nitrogens with zero attached hydrogens (tertiary/aromatic N) is 2. The molecule has 0 spiro atoms. The summed E-state index contributed by atoms with van der Waals surface area (Å²) in [6.45, 7) is 5.73. The van der Waals surface area contributed by atoms with Crippen LogP contribution in [0.3, 0.4) is 0 Å². The average molecular weight is 434 g/mol. The van der Waals surface area contributed by atoms with Crippen molar-refractivity contribution < 1.29 is 23.8 Å². The van der Waals surface area contributed by atoms with E-state index in [4.69, 9.17) is 14.2 Å². The van der Waals surface area contributed by atoms with Gasteiger partial charge >= 0.3 is 12.1 Å². The van der Waals surface area contributed by atoms with Gasteiger partial charge in [-0.25, -0.2) is 14.6 Å². The molecule has 4 aliphatic rings. The number of alkyl carbamates (subject to hydrolysis) is 1. The van der Waals surface area contributed by atoms with Crippen molar-refractivity contribution in [1.82, 2.24) is 14.9 Å². The van der Waals surface area contributed by atoms with Crippen molar-refractivity contribution in [2.45, 2.75) is 83.8 Å². The van der Waals surface area contributed by atoms with Crippen LogP contribution in [0.5, 0.6) is 0 Å². The van der Waals surface area contributed by atoms with Crippen molar-refractivity contribution in [3.8, 4) is 0 Å². The number of amides is 1. The van der Waals surface area contributed by atoms with Gasteiger partial charge in [-0.1, -0.05) is 0 Å². The van der Waals surface area contributed by atoms with Crippen molar-refractivity contribution in [2.24, 2.45) is 23.7 Å². The maximum Gasteiger partial charge on any atom is 0.408 e. The number of aromatic nitrogens is 2. The van der Waals surface area contributed by atoms with Crippen LogP contribution in [-0.2, 0) is 32.2 Å². The van der Waals surface area contributed by atoms with Crippen molar-refractivity contribution in [1.29, 1.82) is 0 Å². The van der Waals surface area contributed by atoms with Crippen molar-refractivity contribution in [3.63, 3.8) is 0 Å². The van der Waals surface area contributed by atoms with Crippen LogP contribution < -0.4 is 5.32 Å². The normalized spacial score (nSPS) is 30.1. The van der Waals surface area contributed by atoms with E-state index in [1.165, 1.54) is 39.2 Å². The Hall–Kier alpha value is -2.09. The van der Waals surface area contributed by atoms with E-state index in [2.05, 4.69) is 10.3 Å². The molecule has 0 radical (unpaired) electrons. The van der Waals surface area contributed by atoms with Crippen LogP contribution in [0.15, 0.2) is 12.5 Å². The first-order valence-electron chi connectivity index (χ1n) is 11.4. The van der Waals surface area contributed by atoms with Crippen LogP contribution in [0.4, 0.5) is 4.79 Å². The van der Waals surface area contributed by atoms with Crippen molar-refractivity contribution >= 4 is 12.1 Å². The van der Waals surface area contributed by atoms with Gasteiger partial charge in [0.25, 0.3) is 0 Å². The molecule has 0 aromatic carbocycles. The van der Waals surface area contributed by atoms with Gasteiger partial charge in [-0.2, -0.15) is 0 Å². The van der Waals surface area contributed by atoms with E-state index in [0.29, 0.717) is 24.7 Å². The lowest BCUT2D eigenvalue weighted by Crippen LogP contribution is -2.49. The smallest absolute Gasteiger partial charge is 0.408 e. The van der Waals surface area contributed by atoms with E-state index < -0.39 is 23.7 Å². The first-order valence-corrected chi connectivity index (χ1v) is 11.4. The summed E-state index contributed by atoms with van der Waals surface area (Å²) in [5, 5.41) is 2.62. The number of rotatable bonds is 7. The van der Waals surface area contributed by atoms with Gasteiger partial charge in [0.15, 0.2) is 0 Å². The highest BCUT2D eigenvalue weighted by Crippen LogP contribution is 2.54. The second kappa shape index (κ2) is 8.81. The molecule has 4 aliphatic carbocycles. The fourth-order valence-electron chi connectivity index (χ4n) is 5.94. The highest BCUT2D eigenvalue weighted by molar-refractivity contribution is 5.81. The summed E-state index contributed by atoms with van der Waals surface area (Å²) in [5.74, 6) is 2.65. The Balaban J connectivity index is 1.37. The molecule has 1 amide bonds. The monoisotopic (exact) mass is 433 g/mol. The Kier molecular flexibility index (Phi) is 6.28. The fraction of sp³-hybridized carbons (Fsp3) is 0.783. The number of carbonyl (C=O) groups excluding carboxylic acids is 2. The minimum absolute atomic E-state index is 0.247. The Morgan fingerprint density at radius 2 is 1.81 bits per heavy atom. The van der Waals surface area contributed by atoms with Crippen LogP contribution in [0, 0.1) is 23.7 Å². The lowest BCUT2D eigenvalue weighted by atomic mass is 9.55. The molecule has 8 nitrogen and oxygen atoms in total. The topological polar surface area (TPSA) is 91.7 Å². The molecule has 4 bridgehead atoms. The quantitative estimate of drug-likeness (QED) is 0.664. The SMILES string of the molecule is COC(=O)[C@@H](Cc1cncn1COC1C2CC3CC(C2)CC1C3)NC(=O)OC(C)(C)C. The zero-order valence-corrected chi connectivity index (χ0v) is 19.0. The number of carbonyl (C=O) groups is 2. The molecule has 0 saturated heterocycles. The van der Waals surface area contributed by atoms with Gasteiger partial charge in [0.05, 0.1) is 19.5 Å². The molecule has 1 atom stereocenters. The van der Waals surface area contributed by atoms with Crippen molar-refractivity contribution in [3.05, 3.63) is 18.2 Å². The van der Waals surface area contributed by atoms with E-state index in [1.54, 1.807) is 33.3 Å². The van der Waals surface area contributed by atoms with E-state index in [1.807, 2.05) is 4.57 Å². The number of methoxy groups -OCH3 is 1. The van der Waals surface area contributed by atoms with Crippen LogP contribution in [0.2, 0.25) is 0 Å². The molecule has 4 fully saturated rings. The minimum atomic E-state index is -0.864. The molecule has 31 heavy (non-hydrogen) atoms. The molecule has 1 N–H and O–H groups in total. The highest BCUT2D eigenvalue weighted by atomic mass is 16.6. The Morgan fingerprint density at radius 1 is 1.16 bits per heavy atom. The molecule has 172 valence electrons. The first kappa shape index (κ1) is 22.1. The molecular formula is C23H35N3O5. The second-order valence-corrected chi connectivity index (χ2v) is 10.5. The number of hydrogen-bond donors (Lipinski definition) is 1. The summed E-state index contributed by atoms with van der Waals surface area (Å²) in [4.78, 5) is 28.7. The third kappa shape index (κ3) is 5.22. The number of hydrogen-bond acceptors (Lipinski definition) is 6. The summed E-state index contributed by atoms with van der Waals surface area (Å²) >= 11 is 0. The summed E-state index contributed by atoms with van der Waals surface area (Å²) in [7, 11) is 1.30. The molecule has 5 rings (SSSR count). The molecule has 1 aromatic rings. The van der Waals surface area contributed by atoms with Gasteiger partial charge < -0.3 is 24.1 Å². The lowest BCUT2D eigenvalue weighted by Gasteiger charge is -2.53. The fourth-order valence-corrected chi connectivity index (χ4v) is 5.94. The predicted octanol–water partition coefficient (Wildman–Crippen LogP) is 3.29. The number of nitrogens with one attached hydrogen (secondary N) is 1. The summed E-state index contributed by atoms with van der Waals surface area (Å²) in [6, 6.07) is -0.864. The maximum atomic E-state index is 12.3. The predicted molar refractivity (Wildman–Crippen MR) is 113 cm³/mol. The molecular weight excluding hydrogens is 398 g/mol. The Morgan fingerprint density at radius 3 is 2.39 bits per heavy atom. The molecule has 8 heteroatoms. The first-order chi connectivity index (χ1) is 14.7. The van der Waals surface area contributed by atoms with Gasteiger partial charge in [0, 0.05) is 18.3 Å². The summed E-state index contributed by atoms with van der Waals surface area (Å²) in [6.07, 6.45) is 9.97. The number of esters is 1. The van der Waals surface area contributed by atoms with Gasteiger partial charge in [-0.15, -0.1) is 0 Å². The summed E-state index contributed by atoms with van der Waals surface area (Å²) < 4.78 is 18.5. The Labute approximate surface area is 184 Å². The zero-order valence-electron chi connectivity index (χ0n) is 19.0. The van der Waals surface area contributed by atoms with Gasteiger partial charge in [-0.05, 0) is 76.5 Å². The third-order valence-electron chi connectivity index (χ3n) is 6.93. The van der Waals surface area contributed by atoms with E-state index in [0.717, 1.165) is 17.5 Å². The van der Waals surface area contributed by atoms with E-state index in [-0.39, 0.29) is 6.42 Å². The lowest BCUT2D eigenvalue weighted by molar-refractivity contribution is -0.144. The standard InChI is InChI=1S/C23H35N3O5/c1-23(2,3)31-22(28)25-19(21(27)29-4)10-18-11-24-12-26(18)13-30-20-16-6-14-5-15(8-16)9-17(20)7-14/h11-12,14-17,19-20H,5-10,13H2,1-4H3,(H,25,28)/t14?,15?,16?,17?,19-,20?/m1/s1. The minimum Gasteiger partial charge on any atom is -0.467 e. The van der Waals surface area contributed by atoms with Crippen LogP contribution >= 0.6 is 0 Å². The molecule has 0 unspecified atom stereocenters. The van der Waals surface area contributed by atoms with E-state index >= 15 is 0 Å². The van der Waals surface area contributed by atoms with Crippen molar-refractivity contribution in [2.75, 3.05) is 7.11 Å². The number of imidazole rings is 1. The van der Waals surface area contributed by atoms with Gasteiger partial charge in [0.1, 0.15) is 18.4 Å². The molecule has 4 saturated carbocycles. The number of ether oxygens (including phenoxy) is 3. The zero-order chi connectivity index (χ0) is 22.2.